The number of methoxy groups -OCH3 is 1. The van der Waals surface area contributed by atoms with E-state index in [-0.39, 0.29) is 18.5 Å². The van der Waals surface area contributed by atoms with Gasteiger partial charge in [-0.1, -0.05) is 28.9 Å². The lowest BCUT2D eigenvalue weighted by Crippen LogP contribution is -3.05. The average molecular weight is 405 g/mol. The van der Waals surface area contributed by atoms with Crippen LogP contribution in [-0.4, -0.2) is 40.1 Å². The van der Waals surface area contributed by atoms with Crippen molar-refractivity contribution in [3.63, 3.8) is 0 Å². The average Bonchev–Trinajstić information content (AvgIpc) is 2.67. The van der Waals surface area contributed by atoms with Crippen LogP contribution >= 0.6 is 0 Å². The minimum absolute atomic E-state index is 0. The lowest BCUT2D eigenvalue weighted by atomic mass is 9.94. The van der Waals surface area contributed by atoms with E-state index in [0.29, 0.717) is 13.0 Å². The molecule has 1 heterocycles. The first-order valence-electron chi connectivity index (χ1n) is 9.46. The van der Waals surface area contributed by atoms with Gasteiger partial charge in [0.25, 0.3) is 0 Å². The standard InChI is InChI=1S/C22H28N2O3.ClH/c1-16-6-11-21-19(14-16)20(23-26-13-5-12-24(2)3)15-22(27-21)17-7-9-18(25-4)10-8-17;/h6-11,14,22H,5,12-13,15H2,1-4H3;1H/b23-20+;. The molecular formula is C22H29ClN2O3. The van der Waals surface area contributed by atoms with E-state index in [9.17, 15) is 0 Å². The predicted molar refractivity (Wildman–Crippen MR) is 107 cm³/mol. The smallest absolute Gasteiger partial charge is 0.129 e. The van der Waals surface area contributed by atoms with Crippen molar-refractivity contribution in [3.8, 4) is 11.5 Å². The predicted octanol–water partition coefficient (Wildman–Crippen LogP) is -0.213. The topological polar surface area (TPSA) is 44.5 Å². The van der Waals surface area contributed by atoms with Crippen LogP contribution in [0.5, 0.6) is 11.5 Å². The van der Waals surface area contributed by atoms with Crippen LogP contribution in [0.1, 0.15) is 35.6 Å². The Kier molecular flexibility index (Phi) is 8.15. The van der Waals surface area contributed by atoms with Gasteiger partial charge < -0.3 is 31.6 Å². The molecule has 152 valence electrons. The molecule has 0 fully saturated rings. The maximum atomic E-state index is 6.26. The maximum Gasteiger partial charge on any atom is 0.129 e. The Morgan fingerprint density at radius 2 is 1.89 bits per heavy atom. The largest absolute Gasteiger partial charge is 1.00 e. The van der Waals surface area contributed by atoms with E-state index >= 15 is 0 Å². The van der Waals surface area contributed by atoms with Crippen molar-refractivity contribution < 1.29 is 31.6 Å². The highest BCUT2D eigenvalue weighted by Gasteiger charge is 2.27. The van der Waals surface area contributed by atoms with Gasteiger partial charge in [-0.3, -0.25) is 0 Å². The van der Waals surface area contributed by atoms with Crippen LogP contribution < -0.4 is 26.8 Å². The molecule has 0 aromatic heterocycles. The van der Waals surface area contributed by atoms with Gasteiger partial charge in [-0.05, 0) is 36.8 Å². The van der Waals surface area contributed by atoms with Crippen molar-refractivity contribution in [2.24, 2.45) is 5.16 Å². The van der Waals surface area contributed by atoms with Gasteiger partial charge in [0.15, 0.2) is 0 Å². The van der Waals surface area contributed by atoms with Crippen molar-refractivity contribution in [2.75, 3.05) is 34.4 Å². The molecule has 0 saturated carbocycles. The highest BCUT2D eigenvalue weighted by atomic mass is 35.5. The molecule has 0 bridgehead atoms. The summed E-state index contributed by atoms with van der Waals surface area (Å²) in [6, 6.07) is 14.2. The first-order valence-corrected chi connectivity index (χ1v) is 9.46. The molecule has 1 aliphatic rings. The summed E-state index contributed by atoms with van der Waals surface area (Å²) in [5.41, 5.74) is 4.26. The van der Waals surface area contributed by atoms with Gasteiger partial charge in [0.2, 0.25) is 0 Å². The quantitative estimate of drug-likeness (QED) is 0.513. The second-order valence-electron chi connectivity index (χ2n) is 7.27. The fraction of sp³-hybridized carbons (Fsp3) is 0.409. The van der Waals surface area contributed by atoms with Crippen molar-refractivity contribution in [1.82, 2.24) is 0 Å². The van der Waals surface area contributed by atoms with E-state index in [1.165, 1.54) is 10.5 Å². The number of benzene rings is 2. The second-order valence-corrected chi connectivity index (χ2v) is 7.27. The molecule has 1 aliphatic heterocycles. The highest BCUT2D eigenvalue weighted by molar-refractivity contribution is 6.04. The monoisotopic (exact) mass is 404 g/mol. The molecule has 0 amide bonds. The number of nitrogens with one attached hydrogen (secondary N) is 1. The summed E-state index contributed by atoms with van der Waals surface area (Å²) in [5.74, 6) is 1.69. The Bertz CT molecular complexity index is 791. The summed E-state index contributed by atoms with van der Waals surface area (Å²) >= 11 is 0. The number of aryl methyl sites for hydroxylation is 1. The van der Waals surface area contributed by atoms with Gasteiger partial charge >= 0.3 is 0 Å². The Balaban J connectivity index is 0.00000280. The molecule has 6 heteroatoms. The number of nitrogens with zero attached hydrogens (tertiary/aromatic N) is 1. The van der Waals surface area contributed by atoms with Crippen molar-refractivity contribution in [2.45, 2.75) is 25.9 Å². The fourth-order valence-electron chi connectivity index (χ4n) is 3.16. The molecule has 0 aliphatic carbocycles. The summed E-state index contributed by atoms with van der Waals surface area (Å²) in [6.07, 6.45) is 1.58. The minimum Gasteiger partial charge on any atom is -1.00 e. The van der Waals surface area contributed by atoms with Crippen LogP contribution in [0.25, 0.3) is 0 Å². The number of halogens is 1. The SMILES string of the molecule is COc1ccc(C2C/C(=N\OCCC[NH+](C)C)c3cc(C)ccc3O2)cc1.[Cl-]. The van der Waals surface area contributed by atoms with E-state index in [1.807, 2.05) is 30.3 Å². The second kappa shape index (κ2) is 10.3. The lowest BCUT2D eigenvalue weighted by Gasteiger charge is -2.27. The number of quaternary nitrogens is 1. The van der Waals surface area contributed by atoms with Crippen LogP contribution in [0.2, 0.25) is 0 Å². The fourth-order valence-corrected chi connectivity index (χ4v) is 3.16. The zero-order chi connectivity index (χ0) is 19.2. The third kappa shape index (κ3) is 5.63. The molecule has 2 aromatic carbocycles. The van der Waals surface area contributed by atoms with Gasteiger partial charge in [-0.15, -0.1) is 0 Å². The summed E-state index contributed by atoms with van der Waals surface area (Å²) in [4.78, 5) is 7.05. The number of oxime groups is 1. The van der Waals surface area contributed by atoms with Gasteiger partial charge in [0.05, 0.1) is 33.5 Å². The molecule has 1 atom stereocenters. The maximum absolute atomic E-state index is 6.26. The van der Waals surface area contributed by atoms with E-state index in [1.54, 1.807) is 7.11 Å². The zero-order valence-corrected chi connectivity index (χ0v) is 17.8. The van der Waals surface area contributed by atoms with Gasteiger partial charge in [0.1, 0.15) is 24.2 Å². The van der Waals surface area contributed by atoms with Crippen molar-refractivity contribution in [3.05, 3.63) is 59.2 Å². The molecule has 0 radical (unpaired) electrons. The number of hydrogen-bond donors (Lipinski definition) is 1. The van der Waals surface area contributed by atoms with Crippen molar-refractivity contribution >= 4 is 5.71 Å². The first kappa shape index (κ1) is 22.1. The molecule has 1 unspecified atom stereocenters. The van der Waals surface area contributed by atoms with Crippen LogP contribution in [0.3, 0.4) is 0 Å². The molecule has 5 nitrogen and oxygen atoms in total. The molecule has 3 rings (SSSR count). The van der Waals surface area contributed by atoms with E-state index in [0.717, 1.165) is 41.3 Å². The summed E-state index contributed by atoms with van der Waals surface area (Å²) in [6.45, 7) is 3.77. The molecule has 28 heavy (non-hydrogen) atoms. The summed E-state index contributed by atoms with van der Waals surface area (Å²) in [5, 5.41) is 4.47. The minimum atomic E-state index is -0.0836. The van der Waals surface area contributed by atoms with Crippen LogP contribution in [0.15, 0.2) is 47.6 Å². The third-order valence-electron chi connectivity index (χ3n) is 4.67. The Morgan fingerprint density at radius 1 is 1.14 bits per heavy atom. The number of hydrogen-bond acceptors (Lipinski definition) is 4. The summed E-state index contributed by atoms with van der Waals surface area (Å²) < 4.78 is 11.5. The van der Waals surface area contributed by atoms with E-state index in [2.05, 4.69) is 38.3 Å². The number of rotatable bonds is 7. The third-order valence-corrected chi connectivity index (χ3v) is 4.67. The summed E-state index contributed by atoms with van der Waals surface area (Å²) in [7, 11) is 5.95. The van der Waals surface area contributed by atoms with Crippen LogP contribution in [0, 0.1) is 6.92 Å². The molecule has 2 aromatic rings. The molecule has 1 N–H and O–H groups in total. The molecular weight excluding hydrogens is 376 g/mol. The van der Waals surface area contributed by atoms with E-state index < -0.39 is 0 Å². The Morgan fingerprint density at radius 3 is 2.57 bits per heavy atom. The van der Waals surface area contributed by atoms with Crippen LogP contribution in [0.4, 0.5) is 0 Å². The van der Waals surface area contributed by atoms with E-state index in [4.69, 9.17) is 14.3 Å². The van der Waals surface area contributed by atoms with Gasteiger partial charge in [-0.25, -0.2) is 0 Å². The first-order chi connectivity index (χ1) is 13.1. The Hall–Kier alpha value is -2.24. The molecule has 0 spiro atoms. The zero-order valence-electron chi connectivity index (χ0n) is 17.0. The molecule has 0 saturated heterocycles. The highest BCUT2D eigenvalue weighted by Crippen LogP contribution is 2.36. The van der Waals surface area contributed by atoms with Gasteiger partial charge in [-0.2, -0.15) is 0 Å². The van der Waals surface area contributed by atoms with Gasteiger partial charge in [0, 0.05) is 18.4 Å². The van der Waals surface area contributed by atoms with Crippen LogP contribution in [-0.2, 0) is 4.84 Å². The number of ether oxygens (including phenoxy) is 2. The normalized spacial score (nSPS) is 16.9. The number of fused-ring (bicyclic) bond motifs is 1. The van der Waals surface area contributed by atoms with Crippen molar-refractivity contribution in [1.29, 1.82) is 0 Å². The Labute approximate surface area is 173 Å². The lowest BCUT2D eigenvalue weighted by molar-refractivity contribution is -0.858.